The predicted molar refractivity (Wildman–Crippen MR) is 66.7 cm³/mol. The summed E-state index contributed by atoms with van der Waals surface area (Å²) in [6.07, 6.45) is 2.15. The topological polar surface area (TPSA) is 82.5 Å². The molecule has 1 heterocycles. The number of carboxylic acids is 1. The third-order valence-electron chi connectivity index (χ3n) is 2.50. The van der Waals surface area contributed by atoms with Crippen molar-refractivity contribution < 1.29 is 14.7 Å². The molecule has 0 atom stereocenters. The molecule has 0 aliphatic rings. The summed E-state index contributed by atoms with van der Waals surface area (Å²) in [6, 6.07) is 2.81. The number of carbonyl (C=O) groups is 2. The molecule has 0 saturated carbocycles. The van der Waals surface area contributed by atoms with Gasteiger partial charge in [-0.25, -0.2) is 9.78 Å². The van der Waals surface area contributed by atoms with Crippen LogP contribution in [0, 0.1) is 0 Å². The molecule has 0 aliphatic carbocycles. The average Bonchev–Trinajstić information content (AvgIpc) is 2.38. The molecule has 1 amide bonds. The van der Waals surface area contributed by atoms with Crippen LogP contribution in [0.2, 0.25) is 0 Å². The second-order valence-corrected chi connectivity index (χ2v) is 3.92. The summed E-state index contributed by atoms with van der Waals surface area (Å²) < 4.78 is 0. The Morgan fingerprint density at radius 1 is 1.44 bits per heavy atom. The number of amides is 1. The molecule has 6 heteroatoms. The number of hydrogen-bond acceptors (Lipinski definition) is 4. The molecule has 1 aromatic rings. The van der Waals surface area contributed by atoms with E-state index >= 15 is 0 Å². The van der Waals surface area contributed by atoms with Crippen LogP contribution in [0.1, 0.15) is 27.3 Å². The van der Waals surface area contributed by atoms with Crippen LogP contribution in [0.3, 0.4) is 0 Å². The van der Waals surface area contributed by atoms with E-state index in [1.165, 1.54) is 18.3 Å². The minimum absolute atomic E-state index is 0.0654. The van der Waals surface area contributed by atoms with Crippen molar-refractivity contribution in [3.63, 3.8) is 0 Å². The van der Waals surface area contributed by atoms with Gasteiger partial charge in [-0.15, -0.1) is 0 Å². The largest absolute Gasteiger partial charge is 0.477 e. The predicted octanol–water partition coefficient (Wildman–Crippen LogP) is 0.461. The quantitative estimate of drug-likeness (QED) is 0.718. The first-order valence-corrected chi connectivity index (χ1v) is 5.65. The number of aromatic nitrogens is 1. The van der Waals surface area contributed by atoms with Crippen LogP contribution in [-0.4, -0.2) is 54.1 Å². The Hall–Kier alpha value is -1.95. The van der Waals surface area contributed by atoms with Gasteiger partial charge in [0, 0.05) is 19.8 Å². The van der Waals surface area contributed by atoms with Gasteiger partial charge in [-0.3, -0.25) is 4.79 Å². The second-order valence-electron chi connectivity index (χ2n) is 3.92. The standard InChI is InChI=1S/C12H17N3O3/c1-13-6-3-7-15(2)11(16)9-4-5-10(12(17)18)14-8-9/h4-5,8,13H,3,6-7H2,1-2H3,(H,17,18). The second kappa shape index (κ2) is 6.70. The minimum atomic E-state index is -1.10. The van der Waals surface area contributed by atoms with E-state index in [1.807, 2.05) is 7.05 Å². The number of nitrogens with one attached hydrogen (secondary N) is 1. The normalized spacial score (nSPS) is 10.1. The first-order chi connectivity index (χ1) is 8.56. The maximum atomic E-state index is 11.9. The van der Waals surface area contributed by atoms with Crippen LogP contribution in [0.25, 0.3) is 0 Å². The molecule has 0 aliphatic heterocycles. The fourth-order valence-electron chi connectivity index (χ4n) is 1.46. The molecule has 18 heavy (non-hydrogen) atoms. The summed E-state index contributed by atoms with van der Waals surface area (Å²) in [4.78, 5) is 27.9. The van der Waals surface area contributed by atoms with E-state index in [9.17, 15) is 9.59 Å². The van der Waals surface area contributed by atoms with Crippen molar-refractivity contribution >= 4 is 11.9 Å². The number of nitrogens with zero attached hydrogens (tertiary/aromatic N) is 2. The molecule has 0 unspecified atom stereocenters. The fourth-order valence-corrected chi connectivity index (χ4v) is 1.46. The van der Waals surface area contributed by atoms with Crippen LogP contribution >= 0.6 is 0 Å². The molecule has 0 radical (unpaired) electrons. The number of carboxylic acid groups (broad SMARTS) is 1. The Kier molecular flexibility index (Phi) is 5.26. The summed E-state index contributed by atoms with van der Waals surface area (Å²) in [5.41, 5.74) is 0.330. The van der Waals surface area contributed by atoms with E-state index in [1.54, 1.807) is 11.9 Å². The van der Waals surface area contributed by atoms with Gasteiger partial charge in [0.2, 0.25) is 0 Å². The van der Waals surface area contributed by atoms with Crippen molar-refractivity contribution in [2.45, 2.75) is 6.42 Å². The number of rotatable bonds is 6. The summed E-state index contributed by atoms with van der Waals surface area (Å²) in [5.74, 6) is -1.26. The van der Waals surface area contributed by atoms with Gasteiger partial charge in [-0.2, -0.15) is 0 Å². The Balaban J connectivity index is 2.63. The fraction of sp³-hybridized carbons (Fsp3) is 0.417. The lowest BCUT2D eigenvalue weighted by molar-refractivity contribution is 0.0688. The van der Waals surface area contributed by atoms with Crippen molar-refractivity contribution in [3.8, 4) is 0 Å². The first-order valence-electron chi connectivity index (χ1n) is 5.65. The molecular weight excluding hydrogens is 234 g/mol. The monoisotopic (exact) mass is 251 g/mol. The Morgan fingerprint density at radius 2 is 2.17 bits per heavy atom. The third kappa shape index (κ3) is 3.81. The molecule has 2 N–H and O–H groups in total. The van der Waals surface area contributed by atoms with E-state index in [0.717, 1.165) is 13.0 Å². The van der Waals surface area contributed by atoms with E-state index in [4.69, 9.17) is 5.11 Å². The van der Waals surface area contributed by atoms with Gasteiger partial charge < -0.3 is 15.3 Å². The highest BCUT2D eigenvalue weighted by Gasteiger charge is 2.12. The zero-order valence-electron chi connectivity index (χ0n) is 10.5. The zero-order chi connectivity index (χ0) is 13.5. The van der Waals surface area contributed by atoms with Gasteiger partial charge in [0.05, 0.1) is 5.56 Å². The van der Waals surface area contributed by atoms with Gasteiger partial charge in [-0.05, 0) is 32.1 Å². The van der Waals surface area contributed by atoms with Gasteiger partial charge in [0.25, 0.3) is 5.91 Å². The molecule has 0 saturated heterocycles. The summed E-state index contributed by atoms with van der Waals surface area (Å²) in [7, 11) is 3.57. The molecular formula is C12H17N3O3. The van der Waals surface area contributed by atoms with Crippen LogP contribution in [-0.2, 0) is 0 Å². The minimum Gasteiger partial charge on any atom is -0.477 e. The molecule has 0 aromatic carbocycles. The van der Waals surface area contributed by atoms with E-state index < -0.39 is 5.97 Å². The third-order valence-corrected chi connectivity index (χ3v) is 2.50. The van der Waals surface area contributed by atoms with Crippen molar-refractivity contribution in [3.05, 3.63) is 29.6 Å². The lowest BCUT2D eigenvalue weighted by Crippen LogP contribution is -2.29. The van der Waals surface area contributed by atoms with Crippen molar-refractivity contribution in [1.82, 2.24) is 15.2 Å². The highest BCUT2D eigenvalue weighted by Crippen LogP contribution is 2.04. The van der Waals surface area contributed by atoms with Crippen LogP contribution in [0.4, 0.5) is 0 Å². The molecule has 98 valence electrons. The molecule has 0 spiro atoms. The molecule has 6 nitrogen and oxygen atoms in total. The number of pyridine rings is 1. The maximum absolute atomic E-state index is 11.9. The zero-order valence-corrected chi connectivity index (χ0v) is 10.5. The Morgan fingerprint density at radius 3 is 2.67 bits per heavy atom. The maximum Gasteiger partial charge on any atom is 0.354 e. The van der Waals surface area contributed by atoms with E-state index in [0.29, 0.717) is 12.1 Å². The van der Waals surface area contributed by atoms with Gasteiger partial charge in [0.1, 0.15) is 5.69 Å². The van der Waals surface area contributed by atoms with Crippen LogP contribution < -0.4 is 5.32 Å². The lowest BCUT2D eigenvalue weighted by atomic mass is 10.2. The Labute approximate surface area is 106 Å². The molecule has 0 bridgehead atoms. The molecule has 1 aromatic heterocycles. The van der Waals surface area contributed by atoms with Gasteiger partial charge in [-0.1, -0.05) is 0 Å². The number of aromatic carboxylic acids is 1. The van der Waals surface area contributed by atoms with Crippen molar-refractivity contribution in [2.24, 2.45) is 0 Å². The summed E-state index contributed by atoms with van der Waals surface area (Å²) in [5, 5.41) is 11.7. The molecule has 1 rings (SSSR count). The highest BCUT2D eigenvalue weighted by atomic mass is 16.4. The Bertz CT molecular complexity index is 417. The number of hydrogen-bond donors (Lipinski definition) is 2. The lowest BCUT2D eigenvalue weighted by Gasteiger charge is -2.16. The van der Waals surface area contributed by atoms with Crippen molar-refractivity contribution in [1.29, 1.82) is 0 Å². The summed E-state index contributed by atoms with van der Waals surface area (Å²) in [6.45, 7) is 1.48. The first kappa shape index (κ1) is 14.1. The van der Waals surface area contributed by atoms with Gasteiger partial charge >= 0.3 is 5.97 Å². The smallest absolute Gasteiger partial charge is 0.354 e. The number of carbonyl (C=O) groups excluding carboxylic acids is 1. The SMILES string of the molecule is CNCCCN(C)C(=O)c1ccc(C(=O)O)nc1. The summed E-state index contributed by atoms with van der Waals surface area (Å²) >= 11 is 0. The van der Waals surface area contributed by atoms with E-state index in [-0.39, 0.29) is 11.6 Å². The highest BCUT2D eigenvalue weighted by molar-refractivity contribution is 5.94. The molecule has 0 fully saturated rings. The van der Waals surface area contributed by atoms with Crippen LogP contribution in [0.5, 0.6) is 0 Å². The van der Waals surface area contributed by atoms with Gasteiger partial charge in [0.15, 0.2) is 0 Å². The van der Waals surface area contributed by atoms with Crippen molar-refractivity contribution in [2.75, 3.05) is 27.2 Å². The van der Waals surface area contributed by atoms with Crippen LogP contribution in [0.15, 0.2) is 18.3 Å². The average molecular weight is 251 g/mol. The van der Waals surface area contributed by atoms with E-state index in [2.05, 4.69) is 10.3 Å².